The molecule has 2 heteroatoms. The summed E-state index contributed by atoms with van der Waals surface area (Å²) in [6.45, 7) is 0. The van der Waals surface area contributed by atoms with Crippen LogP contribution in [0.1, 0.15) is 0 Å². The molecule has 0 N–H and O–H groups in total. The Morgan fingerprint density at radius 3 is 1.86 bits per heavy atom. The van der Waals surface area contributed by atoms with Crippen molar-refractivity contribution in [3.8, 4) is 0 Å². The lowest BCUT2D eigenvalue weighted by molar-refractivity contribution is -0.815. The molecule has 0 rings (SSSR count). The van der Waals surface area contributed by atoms with Gasteiger partial charge in [0.15, 0.2) is 0 Å². The Kier molecular flexibility index (Phi) is 1.75. The average Bonchev–Trinajstić information content (AvgIpc) is 1.30. The minimum Gasteiger partial charge on any atom is -0.759 e. The third kappa shape index (κ3) is 5.41. The van der Waals surface area contributed by atoms with E-state index in [9.17, 15) is 0 Å². The zero-order chi connectivity index (χ0) is 5.91. The fraction of sp³-hybridized carbons (Fsp3) is 0.600. The molecule has 0 aromatic heterocycles. The topological polar surface area (TPSA) is 22.3 Å². The second-order valence-electron chi connectivity index (χ2n) is 2.37. The molecule has 0 radical (unpaired) electrons. The van der Waals surface area contributed by atoms with E-state index in [0.29, 0.717) is 4.48 Å². The van der Waals surface area contributed by atoms with E-state index in [1.165, 1.54) is 0 Å². The maximum atomic E-state index is 8.08. The van der Waals surface area contributed by atoms with E-state index >= 15 is 0 Å². The van der Waals surface area contributed by atoms with E-state index in [0.717, 1.165) is 0 Å². The maximum Gasteiger partial charge on any atom is 0.115 e. The second-order valence-corrected chi connectivity index (χ2v) is 2.37. The Morgan fingerprint density at radius 2 is 1.86 bits per heavy atom. The fourth-order valence-electron chi connectivity index (χ4n) is 0.173. The number of nitrogens with zero attached hydrogens (tertiary/aromatic N) is 2. The first-order chi connectivity index (χ1) is 3.06. The van der Waals surface area contributed by atoms with Gasteiger partial charge >= 0.3 is 0 Å². The van der Waals surface area contributed by atoms with E-state index in [1.807, 2.05) is 27.0 Å². The van der Waals surface area contributed by atoms with Gasteiger partial charge in [0.25, 0.3) is 0 Å². The molecule has 0 aromatic carbocycles. The molecule has 0 bridgehead atoms. The van der Waals surface area contributed by atoms with Gasteiger partial charge < -0.3 is 5.41 Å². The first-order valence-corrected chi connectivity index (χ1v) is 2.11. The van der Waals surface area contributed by atoms with E-state index in [-0.39, 0.29) is 0 Å². The molecule has 7 heavy (non-hydrogen) atoms. The lowest BCUT2D eigenvalue weighted by atomic mass is 10.7. The Bertz CT molecular complexity index is 93.1. The van der Waals surface area contributed by atoms with Crippen LogP contribution in [-0.4, -0.2) is 31.5 Å². The summed E-state index contributed by atoms with van der Waals surface area (Å²) in [6, 6.07) is 0. The predicted molar refractivity (Wildman–Crippen MR) is 31.0 cm³/mol. The van der Waals surface area contributed by atoms with Crippen LogP contribution in [0.2, 0.25) is 0 Å². The normalized spacial score (nSPS) is 10.1. The van der Waals surface area contributed by atoms with Crippen LogP contribution in [-0.2, 0) is 0 Å². The van der Waals surface area contributed by atoms with Crippen molar-refractivity contribution in [3.63, 3.8) is 0 Å². The van der Waals surface area contributed by atoms with Gasteiger partial charge in [0.2, 0.25) is 0 Å². The summed E-state index contributed by atoms with van der Waals surface area (Å²) in [4.78, 5) is 0. The highest BCUT2D eigenvalue weighted by atomic mass is 15.3. The zero-order valence-electron chi connectivity index (χ0n) is 4.97. The van der Waals surface area contributed by atoms with E-state index in [4.69, 9.17) is 5.41 Å². The van der Waals surface area contributed by atoms with Crippen LogP contribution in [0.5, 0.6) is 0 Å². The lowest BCUT2D eigenvalue weighted by Gasteiger charge is -2.16. The van der Waals surface area contributed by atoms with Crippen LogP contribution < -0.4 is 0 Å². The SMILES string of the molecule is C[N+](C)(C)C=C=[N-]. The van der Waals surface area contributed by atoms with Gasteiger partial charge in [-0.25, -0.2) is 5.87 Å². The smallest absolute Gasteiger partial charge is 0.115 e. The first kappa shape index (κ1) is 6.41. The minimum atomic E-state index is 0.608. The Labute approximate surface area is 44.2 Å². The largest absolute Gasteiger partial charge is 0.759 e. The Balaban J connectivity index is 3.80. The van der Waals surface area contributed by atoms with Crippen LogP contribution in [0.4, 0.5) is 0 Å². The number of quaternary nitrogens is 1. The number of rotatable bonds is 1. The number of hydrogen-bond donors (Lipinski definition) is 0. The van der Waals surface area contributed by atoms with Crippen molar-refractivity contribution in [2.45, 2.75) is 0 Å². The Morgan fingerprint density at radius 1 is 1.43 bits per heavy atom. The van der Waals surface area contributed by atoms with Crippen molar-refractivity contribution in [2.24, 2.45) is 0 Å². The quantitative estimate of drug-likeness (QED) is 0.335. The molecule has 0 saturated heterocycles. The second kappa shape index (κ2) is 1.92. The van der Waals surface area contributed by atoms with Crippen LogP contribution in [0, 0.1) is 0 Å². The molecule has 0 heterocycles. The number of hydrogen-bond acceptors (Lipinski definition) is 0. The molecular weight excluding hydrogens is 88.1 g/mol. The molecule has 2 nitrogen and oxygen atoms in total. The van der Waals surface area contributed by atoms with Crippen molar-refractivity contribution in [2.75, 3.05) is 21.1 Å². The molecule has 0 amide bonds. The first-order valence-electron chi connectivity index (χ1n) is 2.11. The molecule has 0 saturated carbocycles. The summed E-state index contributed by atoms with van der Waals surface area (Å²) in [5, 5.41) is 8.08. The standard InChI is InChI=1S/C5H10N2/c1-7(2,3)5-4-6/h5H,1-3H3. The van der Waals surface area contributed by atoms with Crippen molar-refractivity contribution < 1.29 is 4.48 Å². The van der Waals surface area contributed by atoms with Crippen molar-refractivity contribution in [1.82, 2.24) is 0 Å². The average molecular weight is 98.1 g/mol. The highest BCUT2D eigenvalue weighted by Gasteiger charge is 1.94. The summed E-state index contributed by atoms with van der Waals surface area (Å²) < 4.78 is 0.608. The van der Waals surface area contributed by atoms with Gasteiger partial charge in [0.05, 0.1) is 21.1 Å². The summed E-state index contributed by atoms with van der Waals surface area (Å²) in [6.07, 6.45) is 1.56. The predicted octanol–water partition coefficient (Wildman–Crippen LogP) is 0.445. The van der Waals surface area contributed by atoms with Gasteiger partial charge in [0.1, 0.15) is 6.20 Å². The van der Waals surface area contributed by atoms with E-state index in [1.54, 1.807) is 6.20 Å². The van der Waals surface area contributed by atoms with Gasteiger partial charge in [-0.15, -0.1) is 0 Å². The van der Waals surface area contributed by atoms with E-state index < -0.39 is 0 Å². The highest BCUT2D eigenvalue weighted by molar-refractivity contribution is 5.52. The molecule has 0 atom stereocenters. The zero-order valence-corrected chi connectivity index (χ0v) is 4.97. The van der Waals surface area contributed by atoms with Crippen molar-refractivity contribution in [1.29, 1.82) is 0 Å². The van der Waals surface area contributed by atoms with Crippen LogP contribution in [0.15, 0.2) is 6.20 Å². The third-order valence-electron chi connectivity index (χ3n) is 0.445. The third-order valence-corrected chi connectivity index (χ3v) is 0.445. The summed E-state index contributed by atoms with van der Waals surface area (Å²) in [7, 11) is 5.80. The molecule has 0 aliphatic heterocycles. The maximum absolute atomic E-state index is 8.08. The van der Waals surface area contributed by atoms with Gasteiger partial charge in [-0.1, -0.05) is 0 Å². The van der Waals surface area contributed by atoms with E-state index in [2.05, 4.69) is 0 Å². The van der Waals surface area contributed by atoms with Crippen LogP contribution in [0.3, 0.4) is 0 Å². The molecule has 0 aliphatic rings. The lowest BCUT2D eigenvalue weighted by Crippen LogP contribution is -2.26. The van der Waals surface area contributed by atoms with Gasteiger partial charge in [-0.05, 0) is 0 Å². The van der Waals surface area contributed by atoms with Crippen molar-refractivity contribution in [3.05, 3.63) is 11.6 Å². The molecule has 40 valence electrons. The molecule has 0 spiro atoms. The Hall–Kier alpha value is -0.590. The molecule has 0 unspecified atom stereocenters. The van der Waals surface area contributed by atoms with Gasteiger partial charge in [0, 0.05) is 0 Å². The molecule has 0 aliphatic carbocycles. The van der Waals surface area contributed by atoms with Crippen LogP contribution in [0.25, 0.3) is 5.41 Å². The summed E-state index contributed by atoms with van der Waals surface area (Å²) >= 11 is 0. The minimum absolute atomic E-state index is 0.608. The summed E-state index contributed by atoms with van der Waals surface area (Å²) in [5.41, 5.74) is 0. The summed E-state index contributed by atoms with van der Waals surface area (Å²) in [5.74, 6) is 1.95. The molecule has 0 aromatic rings. The highest BCUT2D eigenvalue weighted by Crippen LogP contribution is 1.84. The molecule has 0 fully saturated rings. The van der Waals surface area contributed by atoms with Crippen molar-refractivity contribution >= 4 is 5.87 Å². The fourth-order valence-corrected chi connectivity index (χ4v) is 0.173. The van der Waals surface area contributed by atoms with Gasteiger partial charge in [-0.2, -0.15) is 0 Å². The molecular formula is C5H10N2. The van der Waals surface area contributed by atoms with Crippen LogP contribution >= 0.6 is 0 Å². The monoisotopic (exact) mass is 98.1 g/mol. The van der Waals surface area contributed by atoms with Gasteiger partial charge in [-0.3, -0.25) is 4.48 Å².